The molecule has 0 saturated heterocycles. The zero-order valence-electron chi connectivity index (χ0n) is 14.9. The molecule has 0 aromatic heterocycles. The van der Waals surface area contributed by atoms with E-state index in [1.165, 1.54) is 27.1 Å². The molecule has 2 heteroatoms. The molecule has 0 unspecified atom stereocenters. The van der Waals surface area contributed by atoms with Gasteiger partial charge in [0.2, 0.25) is 0 Å². The van der Waals surface area contributed by atoms with Crippen LogP contribution in [0.1, 0.15) is 25.0 Å². The largest absolute Gasteiger partial charge is 0.103 e. The lowest BCUT2D eigenvalue weighted by atomic mass is 9.98. The summed E-state index contributed by atoms with van der Waals surface area (Å²) in [5.74, 6) is 0. The Labute approximate surface area is 164 Å². The molecule has 26 heavy (non-hydrogen) atoms. The van der Waals surface area contributed by atoms with Gasteiger partial charge in [-0.2, -0.15) is 0 Å². The van der Waals surface area contributed by atoms with Gasteiger partial charge in [-0.15, -0.1) is 11.8 Å². The predicted octanol–water partition coefficient (Wildman–Crippen LogP) is 7.34. The molecule has 0 radical (unpaired) electrons. The van der Waals surface area contributed by atoms with Crippen LogP contribution in [0.2, 0.25) is 0 Å². The molecule has 0 bridgehead atoms. The van der Waals surface area contributed by atoms with Crippen LogP contribution < -0.4 is 0 Å². The van der Waals surface area contributed by atoms with Crippen LogP contribution in [0.25, 0.3) is 21.5 Å². The summed E-state index contributed by atoms with van der Waals surface area (Å²) in [4.78, 5) is 0. The lowest BCUT2D eigenvalue weighted by molar-refractivity contribution is 0.790. The third-order valence-electron chi connectivity index (χ3n) is 4.78. The maximum absolute atomic E-state index is 5.79. The highest BCUT2D eigenvalue weighted by Crippen LogP contribution is 2.39. The average molecular weight is 373 g/mol. The smallest absolute Gasteiger partial charge is 0.0786 e. The topological polar surface area (TPSA) is 0 Å². The minimum atomic E-state index is -0.0905. The van der Waals surface area contributed by atoms with Gasteiger partial charge in [0.15, 0.2) is 0 Å². The van der Waals surface area contributed by atoms with Crippen molar-refractivity contribution in [3.63, 3.8) is 0 Å². The van der Waals surface area contributed by atoms with E-state index in [1.807, 2.05) is 0 Å². The molecular weight excluding hydrogens is 352 g/mol. The molecule has 0 spiro atoms. The maximum atomic E-state index is 5.79. The summed E-state index contributed by atoms with van der Waals surface area (Å²) in [6.45, 7) is 4.49. The summed E-state index contributed by atoms with van der Waals surface area (Å²) >= 11 is 7.55. The normalized spacial score (nSPS) is 11.8. The number of thiocarbonyl (C=S) groups is 1. The molecule has 0 N–H and O–H groups in total. The first-order valence-electron chi connectivity index (χ1n) is 8.74. The first-order chi connectivity index (χ1) is 12.5. The molecule has 4 rings (SSSR count). The van der Waals surface area contributed by atoms with Crippen LogP contribution in [0, 0.1) is 0 Å². The molecule has 0 aliphatic heterocycles. The summed E-state index contributed by atoms with van der Waals surface area (Å²) in [5.41, 5.74) is 2.42. The number of rotatable bonds is 3. The third kappa shape index (κ3) is 3.40. The number of fused-ring (bicyclic) bond motifs is 2. The fraction of sp³-hybridized carbons (Fsp3) is 0.125. The Kier molecular flexibility index (Phi) is 4.56. The number of benzene rings is 4. The van der Waals surface area contributed by atoms with Crippen molar-refractivity contribution in [1.82, 2.24) is 0 Å². The fourth-order valence-electron chi connectivity index (χ4n) is 3.23. The van der Waals surface area contributed by atoms with Crippen molar-refractivity contribution in [3.05, 3.63) is 96.1 Å². The highest BCUT2D eigenvalue weighted by Gasteiger charge is 2.24. The predicted molar refractivity (Wildman–Crippen MR) is 120 cm³/mol. The van der Waals surface area contributed by atoms with E-state index in [9.17, 15) is 0 Å². The molecule has 0 fully saturated rings. The van der Waals surface area contributed by atoms with E-state index in [0.717, 1.165) is 9.76 Å². The second-order valence-corrected chi connectivity index (χ2v) is 9.32. The Morgan fingerprint density at radius 2 is 1.23 bits per heavy atom. The van der Waals surface area contributed by atoms with Gasteiger partial charge in [0, 0.05) is 4.75 Å². The van der Waals surface area contributed by atoms with Gasteiger partial charge in [0.1, 0.15) is 0 Å². The van der Waals surface area contributed by atoms with Gasteiger partial charge >= 0.3 is 0 Å². The quantitative estimate of drug-likeness (QED) is 0.345. The van der Waals surface area contributed by atoms with Crippen LogP contribution in [-0.2, 0) is 4.75 Å². The average Bonchev–Trinajstić information content (AvgIpc) is 2.67. The van der Waals surface area contributed by atoms with Gasteiger partial charge in [0.25, 0.3) is 0 Å². The maximum Gasteiger partial charge on any atom is 0.0786 e. The molecule has 0 amide bonds. The van der Waals surface area contributed by atoms with E-state index in [1.54, 1.807) is 11.8 Å². The van der Waals surface area contributed by atoms with Gasteiger partial charge in [0.05, 0.1) is 4.20 Å². The lowest BCUT2D eigenvalue weighted by Gasteiger charge is -2.25. The molecule has 0 nitrogen and oxygen atoms in total. The Bertz CT molecular complexity index is 1110. The zero-order chi connectivity index (χ0) is 18.1. The molecule has 0 saturated carbocycles. The van der Waals surface area contributed by atoms with Gasteiger partial charge < -0.3 is 0 Å². The monoisotopic (exact) mass is 372 g/mol. The summed E-state index contributed by atoms with van der Waals surface area (Å²) in [7, 11) is 0. The van der Waals surface area contributed by atoms with Crippen LogP contribution in [0.4, 0.5) is 0 Å². The number of thioether (sulfide) groups is 1. The van der Waals surface area contributed by atoms with Crippen molar-refractivity contribution in [1.29, 1.82) is 0 Å². The first-order valence-corrected chi connectivity index (χ1v) is 9.97. The molecule has 0 atom stereocenters. The zero-order valence-corrected chi connectivity index (χ0v) is 16.5. The van der Waals surface area contributed by atoms with Crippen molar-refractivity contribution in [3.8, 4) is 0 Å². The molecule has 4 aromatic rings. The summed E-state index contributed by atoms with van der Waals surface area (Å²) in [5, 5.41) is 5.03. The third-order valence-corrected chi connectivity index (χ3v) is 6.43. The molecular formula is C24H20S2. The van der Waals surface area contributed by atoms with Gasteiger partial charge in [-0.25, -0.2) is 0 Å². The van der Waals surface area contributed by atoms with Crippen LogP contribution in [0.15, 0.2) is 84.9 Å². The van der Waals surface area contributed by atoms with E-state index in [4.69, 9.17) is 12.2 Å². The summed E-state index contributed by atoms with van der Waals surface area (Å²) in [6.07, 6.45) is 0. The standard InChI is InChI=1S/C24H20S2/c1-24(2,22-14-13-18-8-4-6-10-20(18)16-22)26-23(25)21-12-11-17-7-3-5-9-19(17)15-21/h3-16H,1-2H3. The van der Waals surface area contributed by atoms with E-state index in [2.05, 4.69) is 98.8 Å². The van der Waals surface area contributed by atoms with Crippen LogP contribution in [-0.4, -0.2) is 4.20 Å². The number of hydrogen-bond acceptors (Lipinski definition) is 2. The Morgan fingerprint density at radius 3 is 1.88 bits per heavy atom. The van der Waals surface area contributed by atoms with Crippen molar-refractivity contribution < 1.29 is 0 Å². The van der Waals surface area contributed by atoms with Gasteiger partial charge in [-0.1, -0.05) is 85.0 Å². The van der Waals surface area contributed by atoms with Crippen LogP contribution in [0.3, 0.4) is 0 Å². The second-order valence-electron chi connectivity index (χ2n) is 7.02. The fourth-order valence-corrected chi connectivity index (χ4v) is 4.93. The van der Waals surface area contributed by atoms with Gasteiger partial charge in [-0.05, 0) is 58.7 Å². The van der Waals surface area contributed by atoms with E-state index < -0.39 is 0 Å². The van der Waals surface area contributed by atoms with E-state index in [-0.39, 0.29) is 4.75 Å². The molecule has 128 valence electrons. The Balaban J connectivity index is 1.63. The Hall–Kier alpha value is -2.16. The molecule has 4 aromatic carbocycles. The SMILES string of the molecule is CC(C)(SC(=S)c1ccc2ccccc2c1)c1ccc2ccccc2c1. The van der Waals surface area contributed by atoms with Crippen molar-refractivity contribution in [2.24, 2.45) is 0 Å². The van der Waals surface area contributed by atoms with Crippen molar-refractivity contribution >= 4 is 49.7 Å². The van der Waals surface area contributed by atoms with Crippen LogP contribution >= 0.6 is 24.0 Å². The van der Waals surface area contributed by atoms with E-state index in [0.29, 0.717) is 0 Å². The summed E-state index contributed by atoms with van der Waals surface area (Å²) in [6, 6.07) is 30.1. The van der Waals surface area contributed by atoms with Crippen molar-refractivity contribution in [2.45, 2.75) is 18.6 Å². The minimum absolute atomic E-state index is 0.0905. The van der Waals surface area contributed by atoms with Crippen LogP contribution in [0.5, 0.6) is 0 Å². The number of hydrogen-bond donors (Lipinski definition) is 0. The lowest BCUT2D eigenvalue weighted by Crippen LogP contribution is -2.15. The van der Waals surface area contributed by atoms with Gasteiger partial charge in [-0.3, -0.25) is 0 Å². The minimum Gasteiger partial charge on any atom is -0.103 e. The van der Waals surface area contributed by atoms with E-state index >= 15 is 0 Å². The molecule has 0 heterocycles. The first kappa shape index (κ1) is 17.3. The highest BCUT2D eigenvalue weighted by molar-refractivity contribution is 8.24. The Morgan fingerprint density at radius 1 is 0.692 bits per heavy atom. The highest BCUT2D eigenvalue weighted by atomic mass is 32.2. The molecule has 0 aliphatic carbocycles. The second kappa shape index (κ2) is 6.86. The van der Waals surface area contributed by atoms with Crippen molar-refractivity contribution in [2.75, 3.05) is 0 Å². The molecule has 0 aliphatic rings. The summed E-state index contributed by atoms with van der Waals surface area (Å²) < 4.78 is 0.848.